The van der Waals surface area contributed by atoms with Gasteiger partial charge in [0.25, 0.3) is 0 Å². The Labute approximate surface area is 118 Å². The molecule has 0 aliphatic carbocycles. The summed E-state index contributed by atoms with van der Waals surface area (Å²) in [5.74, 6) is 0. The van der Waals surface area contributed by atoms with Crippen LogP contribution in [-0.2, 0) is 13.6 Å². The molecule has 2 aromatic heterocycles. The summed E-state index contributed by atoms with van der Waals surface area (Å²) in [6, 6.07) is 4.03. The van der Waals surface area contributed by atoms with E-state index in [2.05, 4.69) is 27.8 Å². The summed E-state index contributed by atoms with van der Waals surface area (Å²) >= 11 is 0. The number of aromatic nitrogens is 3. The normalized spacial score (nSPS) is 19.6. The van der Waals surface area contributed by atoms with Gasteiger partial charge in [0.2, 0.25) is 5.56 Å². The monoisotopic (exact) mass is 272 g/mol. The molecule has 0 radical (unpaired) electrons. The molecule has 1 aliphatic heterocycles. The molecule has 1 saturated heterocycles. The summed E-state index contributed by atoms with van der Waals surface area (Å²) in [5, 5.41) is 4.41. The minimum atomic E-state index is 0.0417. The average Bonchev–Trinajstić information content (AvgIpc) is 3.03. The van der Waals surface area contributed by atoms with Crippen LogP contribution in [0.2, 0.25) is 0 Å². The van der Waals surface area contributed by atoms with Crippen molar-refractivity contribution in [1.82, 2.24) is 19.2 Å². The molecule has 1 unspecified atom stereocenters. The Kier molecular flexibility index (Phi) is 3.44. The van der Waals surface area contributed by atoms with Crippen molar-refractivity contribution in [2.24, 2.45) is 7.05 Å². The molecule has 0 bridgehead atoms. The van der Waals surface area contributed by atoms with E-state index in [0.29, 0.717) is 6.04 Å². The van der Waals surface area contributed by atoms with E-state index in [1.807, 2.05) is 18.5 Å². The lowest BCUT2D eigenvalue weighted by atomic mass is 10.2. The van der Waals surface area contributed by atoms with Crippen LogP contribution in [-0.4, -0.2) is 32.3 Å². The molecule has 5 nitrogen and oxygen atoms in total. The Morgan fingerprint density at radius 1 is 1.35 bits per heavy atom. The van der Waals surface area contributed by atoms with E-state index in [9.17, 15) is 4.79 Å². The first kappa shape index (κ1) is 13.1. The smallest absolute Gasteiger partial charge is 0.250 e. The molecule has 1 fully saturated rings. The van der Waals surface area contributed by atoms with Crippen LogP contribution in [0.1, 0.15) is 23.6 Å². The highest BCUT2D eigenvalue weighted by atomic mass is 16.1. The van der Waals surface area contributed by atoms with Crippen molar-refractivity contribution in [2.75, 3.05) is 13.1 Å². The molecule has 1 atom stereocenters. The zero-order valence-electron chi connectivity index (χ0n) is 12.0. The van der Waals surface area contributed by atoms with Gasteiger partial charge in [0, 0.05) is 45.1 Å². The van der Waals surface area contributed by atoms with Gasteiger partial charge in [-0.25, -0.2) is 0 Å². The van der Waals surface area contributed by atoms with Gasteiger partial charge in [-0.15, -0.1) is 0 Å². The van der Waals surface area contributed by atoms with Crippen LogP contribution in [0.25, 0.3) is 0 Å². The standard InChI is InChI=1S/C15H20N4O/c1-12-7-16-19(8-12)14-5-6-18(11-14)10-13-3-4-15(20)17(2)9-13/h3-4,7-9,14H,5-6,10-11H2,1-2H3. The topological polar surface area (TPSA) is 43.1 Å². The Balaban J connectivity index is 1.65. The molecule has 5 heteroatoms. The summed E-state index contributed by atoms with van der Waals surface area (Å²) in [4.78, 5) is 13.8. The lowest BCUT2D eigenvalue weighted by Gasteiger charge is -2.16. The molecule has 0 amide bonds. The van der Waals surface area contributed by atoms with Crippen LogP contribution in [0.3, 0.4) is 0 Å². The number of hydrogen-bond acceptors (Lipinski definition) is 3. The van der Waals surface area contributed by atoms with Crippen molar-refractivity contribution < 1.29 is 0 Å². The van der Waals surface area contributed by atoms with Gasteiger partial charge in [0.15, 0.2) is 0 Å². The maximum absolute atomic E-state index is 11.4. The number of aryl methyl sites for hydroxylation is 2. The summed E-state index contributed by atoms with van der Waals surface area (Å²) in [5.41, 5.74) is 2.44. The summed E-state index contributed by atoms with van der Waals surface area (Å²) in [6.45, 7) is 5.06. The van der Waals surface area contributed by atoms with Crippen molar-refractivity contribution in [3.63, 3.8) is 0 Å². The predicted octanol–water partition coefficient (Wildman–Crippen LogP) is 1.34. The fraction of sp³-hybridized carbons (Fsp3) is 0.467. The van der Waals surface area contributed by atoms with Crippen LogP contribution < -0.4 is 5.56 Å². The third-order valence-electron chi connectivity index (χ3n) is 3.91. The van der Waals surface area contributed by atoms with Crippen molar-refractivity contribution in [2.45, 2.75) is 25.9 Å². The molecule has 3 heterocycles. The predicted molar refractivity (Wildman–Crippen MR) is 77.6 cm³/mol. The Hall–Kier alpha value is -1.88. The van der Waals surface area contributed by atoms with Gasteiger partial charge >= 0.3 is 0 Å². The number of nitrogens with zero attached hydrogens (tertiary/aromatic N) is 4. The van der Waals surface area contributed by atoms with E-state index in [1.165, 1.54) is 11.1 Å². The largest absolute Gasteiger partial charge is 0.318 e. The van der Waals surface area contributed by atoms with Crippen LogP contribution in [0, 0.1) is 6.92 Å². The van der Waals surface area contributed by atoms with Crippen molar-refractivity contribution in [1.29, 1.82) is 0 Å². The van der Waals surface area contributed by atoms with E-state index in [1.54, 1.807) is 17.7 Å². The van der Waals surface area contributed by atoms with Gasteiger partial charge in [-0.1, -0.05) is 6.07 Å². The second-order valence-corrected chi connectivity index (χ2v) is 5.66. The first-order valence-electron chi connectivity index (χ1n) is 7.00. The van der Waals surface area contributed by atoms with Crippen molar-refractivity contribution in [3.05, 3.63) is 52.2 Å². The van der Waals surface area contributed by atoms with E-state index in [-0.39, 0.29) is 5.56 Å². The van der Waals surface area contributed by atoms with Gasteiger partial charge in [-0.2, -0.15) is 5.10 Å². The molecule has 2 aromatic rings. The Morgan fingerprint density at radius 2 is 2.20 bits per heavy atom. The van der Waals surface area contributed by atoms with Crippen LogP contribution in [0.15, 0.2) is 35.5 Å². The average molecular weight is 272 g/mol. The maximum atomic E-state index is 11.4. The molecule has 1 aliphatic rings. The number of likely N-dealkylation sites (tertiary alicyclic amines) is 1. The van der Waals surface area contributed by atoms with E-state index < -0.39 is 0 Å². The molecular formula is C15H20N4O. The Bertz CT molecular complexity index is 658. The minimum Gasteiger partial charge on any atom is -0.318 e. The molecular weight excluding hydrogens is 252 g/mol. The molecule has 106 valence electrons. The van der Waals surface area contributed by atoms with Crippen LogP contribution >= 0.6 is 0 Å². The van der Waals surface area contributed by atoms with Crippen LogP contribution in [0.4, 0.5) is 0 Å². The second kappa shape index (κ2) is 5.25. The van der Waals surface area contributed by atoms with Crippen molar-refractivity contribution >= 4 is 0 Å². The van der Waals surface area contributed by atoms with Gasteiger partial charge in [0.05, 0.1) is 12.2 Å². The van der Waals surface area contributed by atoms with Gasteiger partial charge < -0.3 is 4.57 Å². The quantitative estimate of drug-likeness (QED) is 0.847. The summed E-state index contributed by atoms with van der Waals surface area (Å²) in [6.07, 6.45) is 7.08. The molecule has 3 rings (SSSR count). The highest BCUT2D eigenvalue weighted by Gasteiger charge is 2.24. The highest BCUT2D eigenvalue weighted by Crippen LogP contribution is 2.22. The summed E-state index contributed by atoms with van der Waals surface area (Å²) in [7, 11) is 1.80. The zero-order valence-corrected chi connectivity index (χ0v) is 12.0. The lowest BCUT2D eigenvalue weighted by Crippen LogP contribution is -2.23. The second-order valence-electron chi connectivity index (χ2n) is 5.66. The number of pyridine rings is 1. The minimum absolute atomic E-state index is 0.0417. The molecule has 0 N–H and O–H groups in total. The molecule has 0 aromatic carbocycles. The van der Waals surface area contributed by atoms with Gasteiger partial charge in [-0.3, -0.25) is 14.4 Å². The lowest BCUT2D eigenvalue weighted by molar-refractivity contribution is 0.311. The molecule has 0 spiro atoms. The third kappa shape index (κ3) is 2.67. The maximum Gasteiger partial charge on any atom is 0.250 e. The third-order valence-corrected chi connectivity index (χ3v) is 3.91. The first-order chi connectivity index (χ1) is 9.61. The van der Waals surface area contributed by atoms with Crippen LogP contribution in [0.5, 0.6) is 0 Å². The molecule has 20 heavy (non-hydrogen) atoms. The van der Waals surface area contributed by atoms with Crippen molar-refractivity contribution in [3.8, 4) is 0 Å². The first-order valence-corrected chi connectivity index (χ1v) is 7.00. The highest BCUT2D eigenvalue weighted by molar-refractivity contribution is 5.10. The van der Waals surface area contributed by atoms with E-state index >= 15 is 0 Å². The number of hydrogen-bond donors (Lipinski definition) is 0. The SMILES string of the molecule is Cc1cnn(C2CCN(Cc3ccc(=O)n(C)c3)C2)c1. The number of rotatable bonds is 3. The zero-order chi connectivity index (χ0) is 14.1. The summed E-state index contributed by atoms with van der Waals surface area (Å²) < 4.78 is 3.72. The van der Waals surface area contributed by atoms with E-state index in [0.717, 1.165) is 26.1 Å². The molecule has 0 saturated carbocycles. The van der Waals surface area contributed by atoms with Gasteiger partial charge in [0.1, 0.15) is 0 Å². The Morgan fingerprint density at radius 3 is 2.90 bits per heavy atom. The van der Waals surface area contributed by atoms with Gasteiger partial charge in [-0.05, 0) is 24.5 Å². The van der Waals surface area contributed by atoms with E-state index in [4.69, 9.17) is 0 Å². The fourth-order valence-corrected chi connectivity index (χ4v) is 2.81. The fourth-order valence-electron chi connectivity index (χ4n) is 2.81.